The maximum atomic E-state index is 6.30. The summed E-state index contributed by atoms with van der Waals surface area (Å²) in [5.41, 5.74) is 10.5. The van der Waals surface area contributed by atoms with Gasteiger partial charge in [0.25, 0.3) is 0 Å². The van der Waals surface area contributed by atoms with Gasteiger partial charge in [-0.25, -0.2) is 0 Å². The number of rotatable bonds is 2. The van der Waals surface area contributed by atoms with Crippen molar-refractivity contribution in [2.45, 2.75) is 19.9 Å². The van der Waals surface area contributed by atoms with Gasteiger partial charge in [0.2, 0.25) is 0 Å². The van der Waals surface area contributed by atoms with Gasteiger partial charge in [-0.2, -0.15) is 0 Å². The normalized spacial score (nSPS) is 12.8. The van der Waals surface area contributed by atoms with Crippen LogP contribution in [0.4, 0.5) is 0 Å². The van der Waals surface area contributed by atoms with E-state index in [0.29, 0.717) is 0 Å². The van der Waals surface area contributed by atoms with Crippen LogP contribution in [0.2, 0.25) is 0 Å². The average Bonchev–Trinajstić information content (AvgIpc) is 2.76. The molecule has 0 amide bonds. The molecule has 3 aromatic rings. The van der Waals surface area contributed by atoms with Crippen molar-refractivity contribution >= 4 is 11.0 Å². The quantitative estimate of drug-likeness (QED) is 0.759. The Balaban J connectivity index is 2.13. The van der Waals surface area contributed by atoms with E-state index in [1.54, 1.807) is 12.4 Å². The Bertz CT molecular complexity index is 716. The zero-order valence-electron chi connectivity index (χ0n) is 11.1. The van der Waals surface area contributed by atoms with Crippen molar-refractivity contribution in [2.24, 2.45) is 5.73 Å². The molecule has 1 aromatic carbocycles. The summed E-state index contributed by atoms with van der Waals surface area (Å²) in [5.74, 6) is 0.826. The van der Waals surface area contributed by atoms with Gasteiger partial charge < -0.3 is 10.2 Å². The van der Waals surface area contributed by atoms with Crippen LogP contribution in [0.1, 0.15) is 28.5 Å². The summed E-state index contributed by atoms with van der Waals surface area (Å²) in [6.07, 6.45) is 3.49. The van der Waals surface area contributed by atoms with E-state index < -0.39 is 0 Å². The minimum atomic E-state index is -0.254. The van der Waals surface area contributed by atoms with Crippen LogP contribution in [0.5, 0.6) is 0 Å². The van der Waals surface area contributed by atoms with Gasteiger partial charge >= 0.3 is 0 Å². The number of nitrogens with two attached hydrogens (primary N) is 1. The molecule has 0 aliphatic heterocycles. The molecular formula is C16H16N2O. The molecule has 2 heterocycles. The topological polar surface area (TPSA) is 52.0 Å². The first-order valence-electron chi connectivity index (χ1n) is 6.32. The molecule has 1 unspecified atom stereocenters. The van der Waals surface area contributed by atoms with Crippen molar-refractivity contribution in [2.75, 3.05) is 0 Å². The second kappa shape index (κ2) is 4.52. The summed E-state index contributed by atoms with van der Waals surface area (Å²) >= 11 is 0. The molecule has 1 atom stereocenters. The SMILES string of the molecule is Cc1ccc2oc(C(N)c3ccncc3)c(C)c2c1. The van der Waals surface area contributed by atoms with Crippen LogP contribution >= 0.6 is 0 Å². The molecule has 2 aromatic heterocycles. The van der Waals surface area contributed by atoms with E-state index in [9.17, 15) is 0 Å². The van der Waals surface area contributed by atoms with Crippen LogP contribution in [-0.2, 0) is 0 Å². The highest BCUT2D eigenvalue weighted by atomic mass is 16.3. The van der Waals surface area contributed by atoms with Crippen molar-refractivity contribution in [3.05, 3.63) is 65.2 Å². The standard InChI is InChI=1S/C16H16N2O/c1-10-3-4-14-13(9-10)11(2)16(19-14)15(17)12-5-7-18-8-6-12/h3-9,15H,17H2,1-2H3. The molecule has 96 valence electrons. The molecule has 3 heteroatoms. The van der Waals surface area contributed by atoms with Crippen molar-refractivity contribution < 1.29 is 4.42 Å². The van der Waals surface area contributed by atoms with Gasteiger partial charge in [-0.3, -0.25) is 4.98 Å². The summed E-state index contributed by atoms with van der Waals surface area (Å²) in [4.78, 5) is 4.01. The third kappa shape index (κ3) is 2.02. The number of hydrogen-bond acceptors (Lipinski definition) is 3. The highest BCUT2D eigenvalue weighted by Crippen LogP contribution is 2.31. The maximum Gasteiger partial charge on any atom is 0.134 e. The number of aromatic nitrogens is 1. The predicted octanol–water partition coefficient (Wildman–Crippen LogP) is 3.49. The van der Waals surface area contributed by atoms with E-state index in [2.05, 4.69) is 24.9 Å². The molecule has 3 rings (SSSR count). The largest absolute Gasteiger partial charge is 0.459 e. The number of benzene rings is 1. The summed E-state index contributed by atoms with van der Waals surface area (Å²) in [5, 5.41) is 1.14. The number of pyridine rings is 1. The summed E-state index contributed by atoms with van der Waals surface area (Å²) < 4.78 is 5.92. The highest BCUT2D eigenvalue weighted by molar-refractivity contribution is 5.83. The molecule has 0 radical (unpaired) electrons. The molecule has 0 aliphatic rings. The lowest BCUT2D eigenvalue weighted by atomic mass is 10.0. The minimum absolute atomic E-state index is 0.254. The first kappa shape index (κ1) is 11.9. The van der Waals surface area contributed by atoms with E-state index in [-0.39, 0.29) is 6.04 Å². The lowest BCUT2D eigenvalue weighted by molar-refractivity contribution is 0.521. The smallest absolute Gasteiger partial charge is 0.134 e. The number of fused-ring (bicyclic) bond motifs is 1. The number of furan rings is 1. The first-order valence-corrected chi connectivity index (χ1v) is 6.32. The van der Waals surface area contributed by atoms with Gasteiger partial charge in [-0.1, -0.05) is 11.6 Å². The van der Waals surface area contributed by atoms with Gasteiger partial charge in [0.1, 0.15) is 11.3 Å². The van der Waals surface area contributed by atoms with E-state index in [1.165, 1.54) is 5.56 Å². The fraction of sp³-hybridized carbons (Fsp3) is 0.188. The second-order valence-corrected chi connectivity index (χ2v) is 4.85. The lowest BCUT2D eigenvalue weighted by Crippen LogP contribution is -2.11. The zero-order valence-corrected chi connectivity index (χ0v) is 11.1. The Morgan fingerprint density at radius 3 is 2.58 bits per heavy atom. The Hall–Kier alpha value is -2.13. The summed E-state index contributed by atoms with van der Waals surface area (Å²) in [6.45, 7) is 4.13. The van der Waals surface area contributed by atoms with Gasteiger partial charge in [-0.05, 0) is 43.7 Å². The second-order valence-electron chi connectivity index (χ2n) is 4.85. The van der Waals surface area contributed by atoms with Crippen molar-refractivity contribution in [3.63, 3.8) is 0 Å². The number of aryl methyl sites for hydroxylation is 2. The van der Waals surface area contributed by atoms with Crippen LogP contribution in [0.25, 0.3) is 11.0 Å². The van der Waals surface area contributed by atoms with E-state index >= 15 is 0 Å². The van der Waals surface area contributed by atoms with Gasteiger partial charge in [-0.15, -0.1) is 0 Å². The van der Waals surface area contributed by atoms with E-state index in [0.717, 1.165) is 27.9 Å². The van der Waals surface area contributed by atoms with Crippen molar-refractivity contribution in [1.82, 2.24) is 4.98 Å². The average molecular weight is 252 g/mol. The summed E-state index contributed by atoms with van der Waals surface area (Å²) in [6, 6.07) is 9.77. The van der Waals surface area contributed by atoms with Crippen LogP contribution in [0, 0.1) is 13.8 Å². The lowest BCUT2D eigenvalue weighted by Gasteiger charge is -2.09. The van der Waals surface area contributed by atoms with Crippen molar-refractivity contribution in [3.8, 4) is 0 Å². The molecule has 0 spiro atoms. The molecule has 0 fully saturated rings. The fourth-order valence-corrected chi connectivity index (χ4v) is 2.37. The van der Waals surface area contributed by atoms with Crippen LogP contribution < -0.4 is 5.73 Å². The Kier molecular flexibility index (Phi) is 2.84. The molecule has 0 aliphatic carbocycles. The fourth-order valence-electron chi connectivity index (χ4n) is 2.37. The minimum Gasteiger partial charge on any atom is -0.459 e. The third-order valence-corrected chi connectivity index (χ3v) is 3.48. The Labute approximate surface area is 112 Å². The molecule has 19 heavy (non-hydrogen) atoms. The molecule has 3 nitrogen and oxygen atoms in total. The zero-order chi connectivity index (χ0) is 13.4. The highest BCUT2D eigenvalue weighted by Gasteiger charge is 2.18. The van der Waals surface area contributed by atoms with Gasteiger partial charge in [0.15, 0.2) is 0 Å². The van der Waals surface area contributed by atoms with Gasteiger partial charge in [0.05, 0.1) is 6.04 Å². The van der Waals surface area contributed by atoms with E-state index in [4.69, 9.17) is 10.2 Å². The van der Waals surface area contributed by atoms with Crippen LogP contribution in [0.15, 0.2) is 47.1 Å². The summed E-state index contributed by atoms with van der Waals surface area (Å²) in [7, 11) is 0. The number of hydrogen-bond donors (Lipinski definition) is 1. The molecule has 0 saturated carbocycles. The Morgan fingerprint density at radius 2 is 1.84 bits per heavy atom. The van der Waals surface area contributed by atoms with Gasteiger partial charge in [0, 0.05) is 23.3 Å². The first-order chi connectivity index (χ1) is 9.16. The third-order valence-electron chi connectivity index (χ3n) is 3.48. The molecule has 0 saturated heterocycles. The van der Waals surface area contributed by atoms with Crippen LogP contribution in [0.3, 0.4) is 0 Å². The van der Waals surface area contributed by atoms with Crippen LogP contribution in [-0.4, -0.2) is 4.98 Å². The number of nitrogens with zero attached hydrogens (tertiary/aromatic N) is 1. The molecule has 0 bridgehead atoms. The molecule has 2 N–H and O–H groups in total. The van der Waals surface area contributed by atoms with E-state index in [1.807, 2.05) is 24.3 Å². The monoisotopic (exact) mass is 252 g/mol. The molecular weight excluding hydrogens is 236 g/mol. The maximum absolute atomic E-state index is 6.30. The van der Waals surface area contributed by atoms with Crippen molar-refractivity contribution in [1.29, 1.82) is 0 Å². The predicted molar refractivity (Wildman–Crippen MR) is 76.0 cm³/mol. The Morgan fingerprint density at radius 1 is 1.11 bits per heavy atom.